The minimum atomic E-state index is 0. The van der Waals surface area contributed by atoms with Crippen LogP contribution in [0.25, 0.3) is 0 Å². The van der Waals surface area contributed by atoms with Crippen molar-refractivity contribution in [3.05, 3.63) is 35.4 Å². The van der Waals surface area contributed by atoms with Gasteiger partial charge in [0, 0.05) is 26.7 Å². The van der Waals surface area contributed by atoms with Crippen molar-refractivity contribution < 1.29 is 0 Å². The Morgan fingerprint density at radius 1 is 1.22 bits per heavy atom. The largest absolute Gasteiger partial charge is 0.355 e. The highest BCUT2D eigenvalue weighted by Gasteiger charge is 2.14. The van der Waals surface area contributed by atoms with E-state index in [2.05, 4.69) is 58.6 Å². The molecule has 1 aliphatic heterocycles. The van der Waals surface area contributed by atoms with Crippen LogP contribution in [0, 0.1) is 12.8 Å². The molecule has 0 spiro atoms. The molecule has 1 saturated heterocycles. The van der Waals surface area contributed by atoms with Crippen molar-refractivity contribution >= 4 is 29.9 Å². The molecule has 0 atom stereocenters. The van der Waals surface area contributed by atoms with Gasteiger partial charge in [-0.1, -0.05) is 31.2 Å². The number of piperidine rings is 1. The maximum atomic E-state index is 4.30. The molecular formula is C18H31IN4. The highest BCUT2D eigenvalue weighted by Crippen LogP contribution is 2.15. The summed E-state index contributed by atoms with van der Waals surface area (Å²) in [4.78, 5) is 6.85. The van der Waals surface area contributed by atoms with E-state index in [1.165, 1.54) is 37.1 Å². The average molecular weight is 430 g/mol. The minimum absolute atomic E-state index is 0. The van der Waals surface area contributed by atoms with Gasteiger partial charge >= 0.3 is 0 Å². The van der Waals surface area contributed by atoms with Crippen LogP contribution in [0.1, 0.15) is 30.9 Å². The first-order chi connectivity index (χ1) is 10.7. The average Bonchev–Trinajstić information content (AvgIpc) is 2.54. The monoisotopic (exact) mass is 430 g/mol. The molecular weight excluding hydrogens is 399 g/mol. The maximum Gasteiger partial charge on any atom is 0.191 e. The number of rotatable bonds is 5. The number of aliphatic imine (C=N–C) groups is 1. The zero-order valence-electron chi connectivity index (χ0n) is 14.6. The molecule has 0 unspecified atom stereocenters. The number of nitrogens with zero attached hydrogens (tertiary/aromatic N) is 2. The molecule has 1 fully saturated rings. The summed E-state index contributed by atoms with van der Waals surface area (Å²) in [5.74, 6) is 1.78. The van der Waals surface area contributed by atoms with E-state index in [0.29, 0.717) is 0 Å². The van der Waals surface area contributed by atoms with E-state index in [1.807, 2.05) is 7.05 Å². The number of hydrogen-bond acceptors (Lipinski definition) is 2. The fourth-order valence-corrected chi connectivity index (χ4v) is 2.83. The van der Waals surface area contributed by atoms with Crippen LogP contribution in [0.2, 0.25) is 0 Å². The van der Waals surface area contributed by atoms with Crippen LogP contribution in [-0.4, -0.2) is 44.1 Å². The molecule has 0 radical (unpaired) electrons. The summed E-state index contributed by atoms with van der Waals surface area (Å²) in [5.41, 5.74) is 2.63. The van der Waals surface area contributed by atoms with Crippen molar-refractivity contribution in [3.8, 4) is 0 Å². The first-order valence-electron chi connectivity index (χ1n) is 8.40. The molecule has 1 heterocycles. The van der Waals surface area contributed by atoms with Crippen LogP contribution in [-0.2, 0) is 6.54 Å². The Bertz CT molecular complexity index is 482. The number of guanidine groups is 1. The molecule has 0 aliphatic carbocycles. The summed E-state index contributed by atoms with van der Waals surface area (Å²) >= 11 is 0. The molecule has 1 aromatic rings. The van der Waals surface area contributed by atoms with Crippen LogP contribution in [0.4, 0.5) is 0 Å². The SMILES string of the molecule is CN=C(NCCN1CCC(C)CC1)NCc1ccccc1C.I. The molecule has 0 saturated carbocycles. The van der Waals surface area contributed by atoms with Crippen molar-refractivity contribution in [1.82, 2.24) is 15.5 Å². The summed E-state index contributed by atoms with van der Waals surface area (Å²) in [6, 6.07) is 8.46. The molecule has 5 heteroatoms. The highest BCUT2D eigenvalue weighted by atomic mass is 127. The second-order valence-electron chi connectivity index (χ2n) is 6.30. The quantitative estimate of drug-likeness (QED) is 0.429. The molecule has 4 nitrogen and oxygen atoms in total. The third kappa shape index (κ3) is 7.08. The van der Waals surface area contributed by atoms with Crippen LogP contribution in [0.3, 0.4) is 0 Å². The minimum Gasteiger partial charge on any atom is -0.355 e. The molecule has 1 aliphatic rings. The van der Waals surface area contributed by atoms with Crippen molar-refractivity contribution in [2.45, 2.75) is 33.2 Å². The zero-order valence-corrected chi connectivity index (χ0v) is 17.0. The number of aryl methyl sites for hydroxylation is 1. The first kappa shape index (κ1) is 20.2. The number of nitrogens with one attached hydrogen (secondary N) is 2. The van der Waals surface area contributed by atoms with Crippen LogP contribution in [0.5, 0.6) is 0 Å². The summed E-state index contributed by atoms with van der Waals surface area (Å²) < 4.78 is 0. The predicted octanol–water partition coefficient (Wildman–Crippen LogP) is 3.01. The van der Waals surface area contributed by atoms with Gasteiger partial charge in [0.05, 0.1) is 0 Å². The van der Waals surface area contributed by atoms with Crippen molar-refractivity contribution in [3.63, 3.8) is 0 Å². The molecule has 1 aromatic carbocycles. The Morgan fingerprint density at radius 2 is 1.91 bits per heavy atom. The fourth-order valence-electron chi connectivity index (χ4n) is 2.83. The van der Waals surface area contributed by atoms with E-state index in [1.54, 1.807) is 0 Å². The zero-order chi connectivity index (χ0) is 15.8. The Balaban J connectivity index is 0.00000264. The van der Waals surface area contributed by atoms with Crippen molar-refractivity contribution in [1.29, 1.82) is 0 Å². The standard InChI is InChI=1S/C18H30N4.HI/c1-15-8-11-22(12-9-15)13-10-20-18(19-3)21-14-17-7-5-4-6-16(17)2;/h4-7,15H,8-14H2,1-3H3,(H2,19,20,21);1H. The molecule has 0 amide bonds. The second kappa shape index (κ2) is 10.9. The molecule has 0 bridgehead atoms. The second-order valence-corrected chi connectivity index (χ2v) is 6.30. The summed E-state index contributed by atoms with van der Waals surface area (Å²) in [7, 11) is 1.83. The molecule has 0 aromatic heterocycles. The lowest BCUT2D eigenvalue weighted by Gasteiger charge is -2.30. The Hall–Kier alpha value is -0.820. The van der Waals surface area contributed by atoms with Gasteiger partial charge in [-0.2, -0.15) is 0 Å². The van der Waals surface area contributed by atoms with E-state index >= 15 is 0 Å². The van der Waals surface area contributed by atoms with Gasteiger partial charge < -0.3 is 15.5 Å². The van der Waals surface area contributed by atoms with Gasteiger partial charge in [-0.25, -0.2) is 0 Å². The van der Waals surface area contributed by atoms with Crippen LogP contribution >= 0.6 is 24.0 Å². The topological polar surface area (TPSA) is 39.7 Å². The highest BCUT2D eigenvalue weighted by molar-refractivity contribution is 14.0. The Labute approximate surface area is 158 Å². The van der Waals surface area contributed by atoms with Crippen LogP contribution < -0.4 is 10.6 Å². The fraction of sp³-hybridized carbons (Fsp3) is 0.611. The Kier molecular flexibility index (Phi) is 9.55. The van der Waals surface area contributed by atoms with Gasteiger partial charge in [0.1, 0.15) is 0 Å². The lowest BCUT2D eigenvalue weighted by molar-refractivity contribution is 0.195. The van der Waals surface area contributed by atoms with E-state index in [-0.39, 0.29) is 24.0 Å². The lowest BCUT2D eigenvalue weighted by atomic mass is 9.99. The third-order valence-electron chi connectivity index (χ3n) is 4.53. The van der Waals surface area contributed by atoms with Gasteiger partial charge in [0.2, 0.25) is 0 Å². The van der Waals surface area contributed by atoms with Gasteiger partial charge in [0.25, 0.3) is 0 Å². The summed E-state index contributed by atoms with van der Waals surface area (Å²) in [6.07, 6.45) is 2.67. The van der Waals surface area contributed by atoms with Gasteiger partial charge in [-0.3, -0.25) is 4.99 Å². The smallest absolute Gasteiger partial charge is 0.191 e. The van der Waals surface area contributed by atoms with E-state index in [9.17, 15) is 0 Å². The summed E-state index contributed by atoms with van der Waals surface area (Å²) in [5, 5.41) is 6.81. The van der Waals surface area contributed by atoms with Crippen molar-refractivity contribution in [2.75, 3.05) is 33.2 Å². The number of likely N-dealkylation sites (tertiary alicyclic amines) is 1. The molecule has 2 N–H and O–H groups in total. The van der Waals surface area contributed by atoms with E-state index in [0.717, 1.165) is 31.5 Å². The lowest BCUT2D eigenvalue weighted by Crippen LogP contribution is -2.43. The number of halogens is 1. The molecule has 130 valence electrons. The predicted molar refractivity (Wildman–Crippen MR) is 110 cm³/mol. The van der Waals surface area contributed by atoms with Gasteiger partial charge in [-0.05, 0) is 49.9 Å². The molecule has 2 rings (SSSR count). The first-order valence-corrected chi connectivity index (χ1v) is 8.40. The molecule has 23 heavy (non-hydrogen) atoms. The van der Waals surface area contributed by atoms with Gasteiger partial charge in [0.15, 0.2) is 5.96 Å². The maximum absolute atomic E-state index is 4.30. The van der Waals surface area contributed by atoms with Crippen molar-refractivity contribution in [2.24, 2.45) is 10.9 Å². The third-order valence-corrected chi connectivity index (χ3v) is 4.53. The Morgan fingerprint density at radius 3 is 2.57 bits per heavy atom. The van der Waals surface area contributed by atoms with E-state index in [4.69, 9.17) is 0 Å². The summed E-state index contributed by atoms with van der Waals surface area (Å²) in [6.45, 7) is 9.82. The van der Waals surface area contributed by atoms with Crippen LogP contribution in [0.15, 0.2) is 29.3 Å². The van der Waals surface area contributed by atoms with Gasteiger partial charge in [-0.15, -0.1) is 24.0 Å². The van der Waals surface area contributed by atoms with E-state index < -0.39 is 0 Å². The normalized spacial score (nSPS) is 16.7. The number of benzene rings is 1. The number of hydrogen-bond donors (Lipinski definition) is 2.